The molecule has 2 aromatic carbocycles. The lowest BCUT2D eigenvalue weighted by Gasteiger charge is -2.42. The molecule has 0 spiro atoms. The number of nitrogens with zero attached hydrogens (tertiary/aromatic N) is 3. The second-order valence-electron chi connectivity index (χ2n) is 8.39. The zero-order chi connectivity index (χ0) is 23.2. The molecule has 2 aromatic rings. The first-order valence-corrected chi connectivity index (χ1v) is 11.1. The lowest BCUT2D eigenvalue weighted by atomic mass is 9.92. The first-order valence-electron chi connectivity index (χ1n) is 11.1. The first kappa shape index (κ1) is 22.8. The van der Waals surface area contributed by atoms with E-state index in [1.165, 1.54) is 0 Å². The zero-order valence-corrected chi connectivity index (χ0v) is 18.3. The summed E-state index contributed by atoms with van der Waals surface area (Å²) in [5.41, 5.74) is 2.36. The number of carbonyl (C=O) groups excluding carboxylic acids is 2. The van der Waals surface area contributed by atoms with Crippen molar-refractivity contribution in [1.82, 2.24) is 4.90 Å². The number of nitriles is 1. The number of carboxylic acid groups (broad SMARTS) is 1. The number of benzene rings is 2. The molecule has 8 nitrogen and oxygen atoms in total. The van der Waals surface area contributed by atoms with Crippen molar-refractivity contribution in [2.24, 2.45) is 0 Å². The Kier molecular flexibility index (Phi) is 7.23. The molecular weight excluding hydrogens is 422 g/mol. The number of cyclic esters (lactones) is 1. The topological polar surface area (TPSA) is 106 Å². The Morgan fingerprint density at radius 2 is 1.94 bits per heavy atom. The maximum atomic E-state index is 12.5. The molecule has 3 atom stereocenters. The summed E-state index contributed by atoms with van der Waals surface area (Å²) in [6.45, 7) is 1.31. The van der Waals surface area contributed by atoms with Crippen LogP contribution in [0.4, 0.5) is 10.5 Å². The predicted molar refractivity (Wildman–Crippen MR) is 118 cm³/mol. The van der Waals surface area contributed by atoms with Gasteiger partial charge in [-0.3, -0.25) is 9.80 Å². The SMILES string of the molecule is N#Cc1ccc(N2CC(CN3CCCC(OCC(=O)[O-])C3Cc3ccccc3)OC2=O)cc1. The molecule has 2 fully saturated rings. The molecule has 0 radical (unpaired) electrons. The van der Waals surface area contributed by atoms with Crippen LogP contribution in [0.15, 0.2) is 54.6 Å². The van der Waals surface area contributed by atoms with Crippen LogP contribution in [0.5, 0.6) is 0 Å². The van der Waals surface area contributed by atoms with E-state index in [2.05, 4.69) is 11.0 Å². The standard InChI is InChI=1S/C25H27N3O5/c26-14-19-8-10-20(11-9-19)28-16-21(33-25(28)31)15-27-12-4-7-23(32-17-24(29)30)22(27)13-18-5-2-1-3-6-18/h1-3,5-6,8-11,21-23H,4,7,12-13,15-17H2,(H,29,30)/p-1. The van der Waals surface area contributed by atoms with Gasteiger partial charge in [-0.05, 0) is 55.6 Å². The zero-order valence-electron chi connectivity index (χ0n) is 18.3. The molecule has 33 heavy (non-hydrogen) atoms. The number of ether oxygens (including phenoxy) is 2. The van der Waals surface area contributed by atoms with Crippen molar-refractivity contribution < 1.29 is 24.2 Å². The molecule has 0 bridgehead atoms. The maximum Gasteiger partial charge on any atom is 0.414 e. The van der Waals surface area contributed by atoms with E-state index < -0.39 is 18.7 Å². The Labute approximate surface area is 192 Å². The van der Waals surface area contributed by atoms with E-state index in [0.29, 0.717) is 30.8 Å². The summed E-state index contributed by atoms with van der Waals surface area (Å²) >= 11 is 0. The highest BCUT2D eigenvalue weighted by Crippen LogP contribution is 2.27. The van der Waals surface area contributed by atoms with E-state index in [-0.39, 0.29) is 18.2 Å². The molecule has 0 saturated carbocycles. The molecule has 3 unspecified atom stereocenters. The van der Waals surface area contributed by atoms with Crippen molar-refractivity contribution in [2.75, 3.05) is 31.1 Å². The van der Waals surface area contributed by atoms with Gasteiger partial charge in [0.2, 0.25) is 0 Å². The summed E-state index contributed by atoms with van der Waals surface area (Å²) < 4.78 is 11.4. The molecule has 0 aliphatic carbocycles. The minimum Gasteiger partial charge on any atom is -0.548 e. The highest BCUT2D eigenvalue weighted by Gasteiger charge is 2.38. The number of piperidine rings is 1. The lowest BCUT2D eigenvalue weighted by Crippen LogP contribution is -2.53. The van der Waals surface area contributed by atoms with Gasteiger partial charge in [0.1, 0.15) is 6.10 Å². The predicted octanol–water partition coefficient (Wildman–Crippen LogP) is 1.73. The van der Waals surface area contributed by atoms with Crippen LogP contribution in [0.2, 0.25) is 0 Å². The van der Waals surface area contributed by atoms with Gasteiger partial charge < -0.3 is 19.4 Å². The molecular formula is C25H26N3O5-. The van der Waals surface area contributed by atoms with Crippen LogP contribution in [0.3, 0.4) is 0 Å². The summed E-state index contributed by atoms with van der Waals surface area (Å²) in [6, 6.07) is 18.9. The van der Waals surface area contributed by atoms with Crippen LogP contribution in [0.25, 0.3) is 0 Å². The van der Waals surface area contributed by atoms with Crippen LogP contribution in [0.1, 0.15) is 24.0 Å². The fraction of sp³-hybridized carbons (Fsp3) is 0.400. The largest absolute Gasteiger partial charge is 0.548 e. The van der Waals surface area contributed by atoms with Crippen molar-refractivity contribution in [2.45, 2.75) is 37.5 Å². The second kappa shape index (κ2) is 10.5. The average molecular weight is 448 g/mol. The third kappa shape index (κ3) is 5.69. The molecule has 4 rings (SSSR count). The number of likely N-dealkylation sites (tertiary alicyclic amines) is 1. The molecule has 1 amide bonds. The quantitative estimate of drug-likeness (QED) is 0.605. The van der Waals surface area contributed by atoms with Gasteiger partial charge in [-0.25, -0.2) is 4.79 Å². The van der Waals surface area contributed by atoms with E-state index in [9.17, 15) is 14.7 Å². The molecule has 2 heterocycles. The molecule has 2 aliphatic rings. The van der Waals surface area contributed by atoms with E-state index in [1.54, 1.807) is 29.2 Å². The molecule has 0 N–H and O–H groups in total. The van der Waals surface area contributed by atoms with Gasteiger partial charge in [0, 0.05) is 18.3 Å². The minimum absolute atomic E-state index is 0.0387. The Bertz CT molecular complexity index is 1000. The maximum absolute atomic E-state index is 12.5. The third-order valence-electron chi connectivity index (χ3n) is 6.16. The highest BCUT2D eigenvalue weighted by molar-refractivity contribution is 5.89. The van der Waals surface area contributed by atoms with Gasteiger partial charge in [-0.15, -0.1) is 0 Å². The van der Waals surface area contributed by atoms with Crippen LogP contribution in [-0.2, 0) is 20.7 Å². The fourth-order valence-corrected chi connectivity index (χ4v) is 4.61. The van der Waals surface area contributed by atoms with E-state index in [0.717, 1.165) is 24.9 Å². The normalized spacial score (nSPS) is 23.2. The van der Waals surface area contributed by atoms with E-state index in [1.807, 2.05) is 30.3 Å². The molecule has 2 aliphatic heterocycles. The molecule has 172 valence electrons. The van der Waals surface area contributed by atoms with Crippen molar-refractivity contribution in [3.63, 3.8) is 0 Å². The van der Waals surface area contributed by atoms with E-state index in [4.69, 9.17) is 14.7 Å². The summed E-state index contributed by atoms with van der Waals surface area (Å²) in [6.07, 6.45) is 1.35. The van der Waals surface area contributed by atoms with Gasteiger partial charge in [0.05, 0.1) is 36.9 Å². The summed E-state index contributed by atoms with van der Waals surface area (Å²) in [7, 11) is 0. The Morgan fingerprint density at radius 1 is 1.18 bits per heavy atom. The number of aliphatic carboxylic acids is 1. The van der Waals surface area contributed by atoms with Crippen molar-refractivity contribution >= 4 is 17.7 Å². The number of carbonyl (C=O) groups is 2. The van der Waals surface area contributed by atoms with Gasteiger partial charge >= 0.3 is 6.09 Å². The minimum atomic E-state index is -1.23. The Balaban J connectivity index is 1.46. The third-order valence-corrected chi connectivity index (χ3v) is 6.16. The van der Waals surface area contributed by atoms with Gasteiger partial charge in [-0.1, -0.05) is 30.3 Å². The number of rotatable bonds is 8. The lowest BCUT2D eigenvalue weighted by molar-refractivity contribution is -0.311. The number of amides is 1. The number of anilines is 1. The molecule has 2 saturated heterocycles. The average Bonchev–Trinajstić information content (AvgIpc) is 3.19. The number of hydrogen-bond acceptors (Lipinski definition) is 7. The highest BCUT2D eigenvalue weighted by atomic mass is 16.6. The van der Waals surface area contributed by atoms with Crippen LogP contribution in [-0.4, -0.2) is 61.5 Å². The summed E-state index contributed by atoms with van der Waals surface area (Å²) in [5, 5.41) is 20.0. The summed E-state index contributed by atoms with van der Waals surface area (Å²) in [5.74, 6) is -1.23. The molecule has 8 heteroatoms. The second-order valence-corrected chi connectivity index (χ2v) is 8.39. The van der Waals surface area contributed by atoms with Crippen molar-refractivity contribution in [3.05, 3.63) is 65.7 Å². The molecule has 0 aromatic heterocycles. The fourth-order valence-electron chi connectivity index (χ4n) is 4.61. The Morgan fingerprint density at radius 3 is 2.64 bits per heavy atom. The first-order chi connectivity index (χ1) is 16.0. The number of carboxylic acids is 1. The van der Waals surface area contributed by atoms with Crippen LogP contribution < -0.4 is 10.0 Å². The van der Waals surface area contributed by atoms with E-state index >= 15 is 0 Å². The van der Waals surface area contributed by atoms with Gasteiger partial charge in [0.15, 0.2) is 0 Å². The van der Waals surface area contributed by atoms with Crippen molar-refractivity contribution in [3.8, 4) is 6.07 Å². The number of hydrogen-bond donors (Lipinski definition) is 0. The van der Waals surface area contributed by atoms with Gasteiger partial charge in [0.25, 0.3) is 0 Å². The Hall–Kier alpha value is -3.41. The monoisotopic (exact) mass is 448 g/mol. The van der Waals surface area contributed by atoms with Crippen molar-refractivity contribution in [1.29, 1.82) is 5.26 Å². The smallest absolute Gasteiger partial charge is 0.414 e. The summed E-state index contributed by atoms with van der Waals surface area (Å²) in [4.78, 5) is 27.3. The van der Waals surface area contributed by atoms with Crippen LogP contribution >= 0.6 is 0 Å². The van der Waals surface area contributed by atoms with Gasteiger partial charge in [-0.2, -0.15) is 5.26 Å². The van der Waals surface area contributed by atoms with Crippen LogP contribution in [0, 0.1) is 11.3 Å².